The molecule has 1 aliphatic rings. The third-order valence-corrected chi connectivity index (χ3v) is 3.50. The summed E-state index contributed by atoms with van der Waals surface area (Å²) in [6, 6.07) is 4.82. The second kappa shape index (κ2) is 6.74. The number of halogens is 1. The van der Waals surface area contributed by atoms with Crippen molar-refractivity contribution < 1.29 is 19.1 Å². The molecule has 120 valence electrons. The maximum Gasteiger partial charge on any atom is 0.414 e. The summed E-state index contributed by atoms with van der Waals surface area (Å²) in [5.41, 5.74) is 0.622. The molecule has 1 fully saturated rings. The van der Waals surface area contributed by atoms with Crippen LogP contribution in [0.5, 0.6) is 5.75 Å². The van der Waals surface area contributed by atoms with Crippen LogP contribution in [0, 0.1) is 0 Å². The Morgan fingerprint density at radius 1 is 1.55 bits per heavy atom. The molecule has 1 heterocycles. The molecule has 1 atom stereocenters. The molecule has 0 aromatic heterocycles. The molecule has 0 aliphatic carbocycles. The Hall–Kier alpha value is -2.15. The normalized spacial score (nSPS) is 17.2. The van der Waals surface area contributed by atoms with Crippen LogP contribution < -0.4 is 15.0 Å². The van der Waals surface area contributed by atoms with Gasteiger partial charge in [0.25, 0.3) is 0 Å². The zero-order chi connectivity index (χ0) is 16.3. The molecule has 1 N–H and O–H groups in total. The van der Waals surface area contributed by atoms with Crippen molar-refractivity contribution in [3.05, 3.63) is 23.2 Å². The van der Waals surface area contributed by atoms with Gasteiger partial charge in [0.05, 0.1) is 25.2 Å². The highest BCUT2D eigenvalue weighted by Crippen LogP contribution is 2.31. The Kier molecular flexibility index (Phi) is 4.97. The summed E-state index contributed by atoms with van der Waals surface area (Å²) in [4.78, 5) is 26.3. The van der Waals surface area contributed by atoms with Crippen LogP contribution in [0.4, 0.5) is 15.3 Å². The van der Waals surface area contributed by atoms with E-state index in [1.807, 2.05) is 0 Å². The summed E-state index contributed by atoms with van der Waals surface area (Å²) in [6.45, 7) is 0.596. The number of ether oxygens (including phenoxy) is 2. The average molecular weight is 328 g/mol. The average Bonchev–Trinajstić information content (AvgIpc) is 2.85. The van der Waals surface area contributed by atoms with E-state index < -0.39 is 12.2 Å². The Morgan fingerprint density at radius 3 is 2.86 bits per heavy atom. The second-order valence-corrected chi connectivity index (χ2v) is 5.42. The summed E-state index contributed by atoms with van der Waals surface area (Å²) < 4.78 is 10.3. The van der Waals surface area contributed by atoms with Crippen LogP contribution in [-0.4, -0.2) is 57.4 Å². The van der Waals surface area contributed by atoms with Gasteiger partial charge >= 0.3 is 12.1 Å². The Labute approximate surface area is 133 Å². The maximum atomic E-state index is 11.9. The number of hydrogen-bond acceptors (Lipinski definition) is 4. The van der Waals surface area contributed by atoms with Gasteiger partial charge in [-0.25, -0.2) is 9.59 Å². The predicted molar refractivity (Wildman–Crippen MR) is 82.7 cm³/mol. The molecule has 2 rings (SSSR count). The first-order chi connectivity index (χ1) is 10.4. The topological polar surface area (TPSA) is 71.1 Å². The van der Waals surface area contributed by atoms with E-state index >= 15 is 0 Å². The lowest BCUT2D eigenvalue weighted by Crippen LogP contribution is -2.40. The molecule has 0 saturated carbocycles. The van der Waals surface area contributed by atoms with Crippen molar-refractivity contribution in [3.63, 3.8) is 0 Å². The number of urea groups is 1. The molecule has 1 aromatic carbocycles. The van der Waals surface area contributed by atoms with Crippen molar-refractivity contribution in [1.29, 1.82) is 0 Å². The Morgan fingerprint density at radius 2 is 2.27 bits per heavy atom. The number of nitrogens with one attached hydrogen (secondary N) is 1. The molecule has 1 unspecified atom stereocenters. The number of carbonyl (C=O) groups is 2. The highest BCUT2D eigenvalue weighted by molar-refractivity contribution is 6.32. The monoisotopic (exact) mass is 327 g/mol. The van der Waals surface area contributed by atoms with Crippen molar-refractivity contribution in [2.24, 2.45) is 0 Å². The van der Waals surface area contributed by atoms with Crippen LogP contribution >= 0.6 is 11.6 Å². The van der Waals surface area contributed by atoms with Gasteiger partial charge in [0.1, 0.15) is 11.9 Å². The standard InChI is InChI=1S/C14H18ClN3O4/c1-17(2)13(19)16-7-10-8-18(14(20)22-10)9-4-5-12(21-3)11(15)6-9/h4-6,10H,7-8H2,1-3H3,(H,16,19). The lowest BCUT2D eigenvalue weighted by molar-refractivity contribution is 0.139. The van der Waals surface area contributed by atoms with Gasteiger partial charge in [0.15, 0.2) is 0 Å². The van der Waals surface area contributed by atoms with Crippen LogP contribution in [-0.2, 0) is 4.74 Å². The molecule has 1 aliphatic heterocycles. The fraction of sp³-hybridized carbons (Fsp3) is 0.429. The van der Waals surface area contributed by atoms with Gasteiger partial charge in [-0.2, -0.15) is 0 Å². The van der Waals surface area contributed by atoms with E-state index in [1.54, 1.807) is 32.3 Å². The third kappa shape index (κ3) is 3.54. The molecular weight excluding hydrogens is 310 g/mol. The summed E-state index contributed by atoms with van der Waals surface area (Å²) in [5.74, 6) is 0.535. The quantitative estimate of drug-likeness (QED) is 0.917. The van der Waals surface area contributed by atoms with Crippen LogP contribution in [0.3, 0.4) is 0 Å². The Balaban J connectivity index is 2.00. The second-order valence-electron chi connectivity index (χ2n) is 5.02. The summed E-state index contributed by atoms with van der Waals surface area (Å²) in [7, 11) is 4.80. The van der Waals surface area contributed by atoms with E-state index in [9.17, 15) is 9.59 Å². The molecule has 0 spiro atoms. The van der Waals surface area contributed by atoms with Crippen LogP contribution in [0.25, 0.3) is 0 Å². The van der Waals surface area contributed by atoms with E-state index in [0.29, 0.717) is 23.0 Å². The van der Waals surface area contributed by atoms with E-state index in [2.05, 4.69) is 5.32 Å². The van der Waals surface area contributed by atoms with Gasteiger partial charge in [-0.3, -0.25) is 4.90 Å². The predicted octanol–water partition coefficient (Wildman–Crippen LogP) is 1.94. The lowest BCUT2D eigenvalue weighted by atomic mass is 10.2. The largest absolute Gasteiger partial charge is 0.495 e. The van der Waals surface area contributed by atoms with Gasteiger partial charge in [-0.1, -0.05) is 11.6 Å². The van der Waals surface area contributed by atoms with Crippen molar-refractivity contribution in [2.45, 2.75) is 6.10 Å². The van der Waals surface area contributed by atoms with Crippen LogP contribution in [0.1, 0.15) is 0 Å². The first-order valence-electron chi connectivity index (χ1n) is 6.69. The first kappa shape index (κ1) is 16.2. The van der Waals surface area contributed by atoms with Crippen molar-refractivity contribution >= 4 is 29.4 Å². The van der Waals surface area contributed by atoms with Crippen LogP contribution in [0.2, 0.25) is 5.02 Å². The van der Waals surface area contributed by atoms with E-state index in [4.69, 9.17) is 21.1 Å². The highest BCUT2D eigenvalue weighted by Gasteiger charge is 2.32. The Bertz CT molecular complexity index is 579. The fourth-order valence-corrected chi connectivity index (χ4v) is 2.27. The summed E-state index contributed by atoms with van der Waals surface area (Å²) in [6.07, 6.45) is -0.873. The van der Waals surface area contributed by atoms with Gasteiger partial charge < -0.3 is 19.7 Å². The molecule has 0 bridgehead atoms. The number of cyclic esters (lactones) is 1. The minimum absolute atomic E-state index is 0.234. The fourth-order valence-electron chi connectivity index (χ4n) is 2.02. The number of methoxy groups -OCH3 is 1. The third-order valence-electron chi connectivity index (χ3n) is 3.21. The molecule has 22 heavy (non-hydrogen) atoms. The molecule has 7 nitrogen and oxygen atoms in total. The highest BCUT2D eigenvalue weighted by atomic mass is 35.5. The van der Waals surface area contributed by atoms with Gasteiger partial charge in [0.2, 0.25) is 0 Å². The van der Waals surface area contributed by atoms with E-state index in [1.165, 1.54) is 16.9 Å². The number of carbonyl (C=O) groups excluding carboxylic acids is 2. The van der Waals surface area contributed by atoms with Crippen molar-refractivity contribution in [3.8, 4) is 5.75 Å². The molecule has 8 heteroatoms. The zero-order valence-electron chi connectivity index (χ0n) is 12.6. The van der Waals surface area contributed by atoms with Gasteiger partial charge in [0, 0.05) is 19.8 Å². The number of nitrogens with zero attached hydrogens (tertiary/aromatic N) is 2. The molecular formula is C14H18ClN3O4. The van der Waals surface area contributed by atoms with Gasteiger partial charge in [-0.05, 0) is 18.2 Å². The van der Waals surface area contributed by atoms with E-state index in [0.717, 1.165) is 0 Å². The number of anilines is 1. The summed E-state index contributed by atoms with van der Waals surface area (Å²) >= 11 is 6.06. The molecule has 0 radical (unpaired) electrons. The molecule has 1 aromatic rings. The number of amides is 3. The number of hydrogen-bond donors (Lipinski definition) is 1. The van der Waals surface area contributed by atoms with Crippen molar-refractivity contribution in [2.75, 3.05) is 39.2 Å². The molecule has 1 saturated heterocycles. The maximum absolute atomic E-state index is 11.9. The lowest BCUT2D eigenvalue weighted by Gasteiger charge is -2.15. The zero-order valence-corrected chi connectivity index (χ0v) is 13.4. The SMILES string of the molecule is COc1ccc(N2CC(CNC(=O)N(C)C)OC2=O)cc1Cl. The van der Waals surface area contributed by atoms with Crippen LogP contribution in [0.15, 0.2) is 18.2 Å². The minimum atomic E-state index is -0.467. The number of benzene rings is 1. The first-order valence-corrected chi connectivity index (χ1v) is 7.07. The van der Waals surface area contributed by atoms with Crippen molar-refractivity contribution in [1.82, 2.24) is 10.2 Å². The smallest absolute Gasteiger partial charge is 0.414 e. The van der Waals surface area contributed by atoms with E-state index in [-0.39, 0.29) is 12.6 Å². The molecule has 3 amide bonds. The summed E-state index contributed by atoms with van der Waals surface area (Å²) in [5, 5.41) is 3.10. The van der Waals surface area contributed by atoms with Gasteiger partial charge in [-0.15, -0.1) is 0 Å². The minimum Gasteiger partial charge on any atom is -0.495 e. The number of rotatable bonds is 4.